The number of anilines is 1. The van der Waals surface area contributed by atoms with E-state index in [0.29, 0.717) is 12.5 Å². The van der Waals surface area contributed by atoms with E-state index < -0.39 is 6.09 Å². The van der Waals surface area contributed by atoms with Gasteiger partial charge >= 0.3 is 6.09 Å². The van der Waals surface area contributed by atoms with Crippen LogP contribution in [0.4, 0.5) is 10.6 Å². The Morgan fingerprint density at radius 3 is 3.20 bits per heavy atom. The molecule has 0 aliphatic carbocycles. The molecule has 0 bridgehead atoms. The number of fused-ring (bicyclic) bond motifs is 1. The third-order valence-electron chi connectivity index (χ3n) is 3.46. The third-order valence-corrected chi connectivity index (χ3v) is 4.00. The summed E-state index contributed by atoms with van der Waals surface area (Å²) in [6, 6.07) is 3.87. The van der Waals surface area contributed by atoms with Crippen molar-refractivity contribution in [3.05, 3.63) is 22.9 Å². The fourth-order valence-corrected chi connectivity index (χ4v) is 2.81. The van der Waals surface area contributed by atoms with Gasteiger partial charge in [0.1, 0.15) is 10.4 Å². The Morgan fingerprint density at radius 2 is 2.40 bits per heavy atom. The molecule has 0 radical (unpaired) electrons. The number of hydrogen-bond donors (Lipinski definition) is 2. The molecule has 1 aliphatic rings. The average Bonchev–Trinajstić information content (AvgIpc) is 3.04. The summed E-state index contributed by atoms with van der Waals surface area (Å²) in [5.41, 5.74) is 0.795. The van der Waals surface area contributed by atoms with Crippen molar-refractivity contribution in [2.75, 3.05) is 24.5 Å². The Hall–Kier alpha value is -1.83. The number of carboxylic acid groups (broad SMARTS) is 1. The second-order valence-electron chi connectivity index (χ2n) is 4.83. The van der Waals surface area contributed by atoms with Gasteiger partial charge in [-0.3, -0.25) is 0 Å². The van der Waals surface area contributed by atoms with Gasteiger partial charge in [0.15, 0.2) is 5.65 Å². The second-order valence-corrected chi connectivity index (χ2v) is 5.64. The van der Waals surface area contributed by atoms with Crippen LogP contribution in [0.15, 0.2) is 22.9 Å². The van der Waals surface area contributed by atoms with E-state index in [1.54, 1.807) is 10.7 Å². The topological polar surface area (TPSA) is 82.8 Å². The molecule has 2 aromatic rings. The van der Waals surface area contributed by atoms with Gasteiger partial charge < -0.3 is 15.3 Å². The van der Waals surface area contributed by atoms with Crippen molar-refractivity contribution in [1.82, 2.24) is 19.9 Å². The Kier molecular flexibility index (Phi) is 3.47. The first-order valence-corrected chi connectivity index (χ1v) is 7.15. The first-order valence-electron chi connectivity index (χ1n) is 6.35. The number of nitrogens with zero attached hydrogens (tertiary/aromatic N) is 4. The quantitative estimate of drug-likeness (QED) is 0.887. The van der Waals surface area contributed by atoms with Crippen molar-refractivity contribution >= 4 is 33.5 Å². The number of carbonyl (C=O) groups is 1. The van der Waals surface area contributed by atoms with Crippen LogP contribution < -0.4 is 10.2 Å². The Morgan fingerprint density at radius 1 is 1.55 bits per heavy atom. The zero-order valence-corrected chi connectivity index (χ0v) is 12.2. The van der Waals surface area contributed by atoms with Gasteiger partial charge in [-0.15, -0.1) is 5.10 Å². The van der Waals surface area contributed by atoms with Crippen molar-refractivity contribution in [1.29, 1.82) is 0 Å². The van der Waals surface area contributed by atoms with Gasteiger partial charge in [0, 0.05) is 19.6 Å². The molecule has 1 aliphatic heterocycles. The summed E-state index contributed by atoms with van der Waals surface area (Å²) in [6.45, 7) is 2.19. The molecule has 0 unspecified atom stereocenters. The number of amides is 1. The molecule has 8 heteroatoms. The summed E-state index contributed by atoms with van der Waals surface area (Å²) in [5, 5.41) is 15.6. The van der Waals surface area contributed by atoms with Crippen LogP contribution in [0, 0.1) is 5.92 Å². The predicted octanol–water partition coefficient (Wildman–Crippen LogP) is 1.59. The highest BCUT2D eigenvalue weighted by Crippen LogP contribution is 2.23. The van der Waals surface area contributed by atoms with Gasteiger partial charge in [-0.05, 0) is 40.4 Å². The van der Waals surface area contributed by atoms with Gasteiger partial charge in [-0.25, -0.2) is 14.3 Å². The van der Waals surface area contributed by atoms with Crippen LogP contribution in [-0.2, 0) is 0 Å². The molecule has 1 atom stereocenters. The number of rotatable bonds is 3. The van der Waals surface area contributed by atoms with Crippen LogP contribution in [0.25, 0.3) is 5.65 Å². The molecule has 2 aromatic heterocycles. The number of nitrogens with one attached hydrogen (secondary N) is 1. The fourth-order valence-electron chi connectivity index (χ4n) is 2.44. The molecule has 20 heavy (non-hydrogen) atoms. The third kappa shape index (κ3) is 2.55. The molecule has 0 aromatic carbocycles. The molecular weight excluding hydrogens is 326 g/mol. The van der Waals surface area contributed by atoms with E-state index in [1.807, 2.05) is 12.1 Å². The van der Waals surface area contributed by atoms with E-state index >= 15 is 0 Å². The maximum absolute atomic E-state index is 10.5. The van der Waals surface area contributed by atoms with Crippen LogP contribution in [-0.4, -0.2) is 45.4 Å². The lowest BCUT2D eigenvalue weighted by Gasteiger charge is -2.17. The lowest BCUT2D eigenvalue weighted by Crippen LogP contribution is -2.30. The smallest absolute Gasteiger partial charge is 0.404 e. The molecule has 1 fully saturated rings. The van der Waals surface area contributed by atoms with Crippen LogP contribution in [0.3, 0.4) is 0 Å². The fraction of sp³-hybridized carbons (Fsp3) is 0.417. The molecule has 1 amide bonds. The summed E-state index contributed by atoms with van der Waals surface area (Å²) >= 11 is 3.41. The monoisotopic (exact) mass is 339 g/mol. The van der Waals surface area contributed by atoms with E-state index in [1.165, 1.54) is 0 Å². The van der Waals surface area contributed by atoms with E-state index in [2.05, 4.69) is 36.2 Å². The minimum atomic E-state index is -0.967. The van der Waals surface area contributed by atoms with Gasteiger partial charge in [-0.1, -0.05) is 0 Å². The van der Waals surface area contributed by atoms with Crippen molar-refractivity contribution < 1.29 is 9.90 Å². The molecule has 3 heterocycles. The first-order chi connectivity index (χ1) is 9.63. The highest BCUT2D eigenvalue weighted by molar-refractivity contribution is 9.10. The highest BCUT2D eigenvalue weighted by atomic mass is 79.9. The van der Waals surface area contributed by atoms with Gasteiger partial charge in [0.25, 0.3) is 0 Å². The first kappa shape index (κ1) is 13.2. The van der Waals surface area contributed by atoms with E-state index in [4.69, 9.17) is 5.11 Å². The SMILES string of the molecule is O=C(O)NC[C@@H]1CCN(c2ccc3ncc(Br)n3n2)C1. The molecule has 0 saturated carbocycles. The number of aromatic nitrogens is 3. The molecule has 2 N–H and O–H groups in total. The lowest BCUT2D eigenvalue weighted by atomic mass is 10.1. The van der Waals surface area contributed by atoms with Crippen molar-refractivity contribution in [3.8, 4) is 0 Å². The van der Waals surface area contributed by atoms with Crippen molar-refractivity contribution in [3.63, 3.8) is 0 Å². The van der Waals surface area contributed by atoms with E-state index in [0.717, 1.165) is 35.6 Å². The van der Waals surface area contributed by atoms with Crippen LogP contribution in [0.2, 0.25) is 0 Å². The Balaban J connectivity index is 1.72. The molecular formula is C12H14BrN5O2. The maximum Gasteiger partial charge on any atom is 0.404 e. The minimum absolute atomic E-state index is 0.329. The largest absolute Gasteiger partial charge is 0.465 e. The normalized spacial score (nSPS) is 18.6. The zero-order valence-electron chi connectivity index (χ0n) is 10.7. The van der Waals surface area contributed by atoms with Crippen LogP contribution >= 0.6 is 15.9 Å². The standard InChI is InChI=1S/C12H14BrN5O2/c13-9-6-14-10-1-2-11(16-18(9)10)17-4-3-8(7-17)5-15-12(19)20/h1-2,6,8,15H,3-5,7H2,(H,19,20)/t8-/m0/s1. The number of halogens is 1. The number of imidazole rings is 1. The zero-order chi connectivity index (χ0) is 14.1. The van der Waals surface area contributed by atoms with Gasteiger partial charge in [0.05, 0.1) is 6.20 Å². The minimum Gasteiger partial charge on any atom is -0.465 e. The second kappa shape index (κ2) is 5.28. The van der Waals surface area contributed by atoms with Crippen molar-refractivity contribution in [2.24, 2.45) is 5.92 Å². The summed E-state index contributed by atoms with van der Waals surface area (Å²) in [6.07, 6.45) is 1.71. The summed E-state index contributed by atoms with van der Waals surface area (Å²) in [5.74, 6) is 1.21. The highest BCUT2D eigenvalue weighted by Gasteiger charge is 2.24. The Bertz CT molecular complexity index is 644. The molecule has 106 valence electrons. The van der Waals surface area contributed by atoms with E-state index in [-0.39, 0.29) is 0 Å². The van der Waals surface area contributed by atoms with Gasteiger partial charge in [-0.2, -0.15) is 0 Å². The van der Waals surface area contributed by atoms with Gasteiger partial charge in [0.2, 0.25) is 0 Å². The Labute approximate surface area is 123 Å². The van der Waals surface area contributed by atoms with Crippen LogP contribution in [0.5, 0.6) is 0 Å². The van der Waals surface area contributed by atoms with Crippen LogP contribution in [0.1, 0.15) is 6.42 Å². The predicted molar refractivity (Wildman–Crippen MR) is 77.0 cm³/mol. The number of hydrogen-bond acceptors (Lipinski definition) is 4. The summed E-state index contributed by atoms with van der Waals surface area (Å²) in [7, 11) is 0. The maximum atomic E-state index is 10.5. The summed E-state index contributed by atoms with van der Waals surface area (Å²) < 4.78 is 2.57. The lowest BCUT2D eigenvalue weighted by molar-refractivity contribution is 0.192. The molecule has 1 saturated heterocycles. The average molecular weight is 340 g/mol. The van der Waals surface area contributed by atoms with E-state index in [9.17, 15) is 4.79 Å². The molecule has 0 spiro atoms. The summed E-state index contributed by atoms with van der Waals surface area (Å²) in [4.78, 5) is 16.9. The molecule has 7 nitrogen and oxygen atoms in total. The van der Waals surface area contributed by atoms with Crippen molar-refractivity contribution in [2.45, 2.75) is 6.42 Å². The molecule has 3 rings (SSSR count).